The monoisotopic (exact) mass is 417 g/mol. The van der Waals surface area contributed by atoms with Gasteiger partial charge in [0.1, 0.15) is 12.1 Å². The summed E-state index contributed by atoms with van der Waals surface area (Å²) in [6, 6.07) is 24.2. The molecule has 4 rings (SSSR count). The number of hydrogen-bond donors (Lipinski definition) is 2. The van der Waals surface area contributed by atoms with Gasteiger partial charge >= 0.3 is 0 Å². The van der Waals surface area contributed by atoms with Crippen molar-refractivity contribution < 1.29 is 14.6 Å². The molecule has 2 N–H and O–H groups in total. The molecule has 0 aromatic heterocycles. The van der Waals surface area contributed by atoms with E-state index in [0.717, 1.165) is 38.4 Å². The fourth-order valence-corrected chi connectivity index (χ4v) is 3.92. The van der Waals surface area contributed by atoms with Gasteiger partial charge in [-0.25, -0.2) is 0 Å². The Bertz CT molecular complexity index is 1050. The molecule has 7 nitrogen and oxygen atoms in total. The van der Waals surface area contributed by atoms with E-state index in [4.69, 9.17) is 0 Å². The number of nitro groups is 1. The zero-order valence-electron chi connectivity index (χ0n) is 17.2. The maximum Gasteiger partial charge on any atom is 0.282 e. The second-order valence-corrected chi connectivity index (χ2v) is 7.67. The van der Waals surface area contributed by atoms with Gasteiger partial charge in [-0.05, 0) is 30.3 Å². The van der Waals surface area contributed by atoms with Crippen molar-refractivity contribution in [1.82, 2.24) is 0 Å². The fourth-order valence-electron chi connectivity index (χ4n) is 3.92. The van der Waals surface area contributed by atoms with Crippen LogP contribution in [-0.2, 0) is 6.54 Å². The smallest absolute Gasteiger partial charge is 0.282 e. The van der Waals surface area contributed by atoms with Gasteiger partial charge in [-0.2, -0.15) is 0 Å². The first-order valence-electron chi connectivity index (χ1n) is 10.4. The molecule has 1 aliphatic heterocycles. The van der Waals surface area contributed by atoms with Gasteiger partial charge in [0.15, 0.2) is 0 Å². The van der Waals surface area contributed by atoms with E-state index in [9.17, 15) is 14.9 Å². The lowest BCUT2D eigenvalue weighted by Crippen LogP contribution is -3.13. The number of hydrogen-bond acceptors (Lipinski definition) is 4. The number of quaternary nitrogens is 1. The molecule has 7 heteroatoms. The van der Waals surface area contributed by atoms with Crippen LogP contribution < -0.4 is 15.1 Å². The number of rotatable bonds is 6. The predicted octanol–water partition coefficient (Wildman–Crippen LogP) is 2.75. The SMILES string of the molecule is O=C(Nc1ccc(N2CC[NH+](Cc3ccccc3)CC2)cc1)c1ccccc1[N+](=O)[O-]. The number of amides is 1. The molecule has 0 spiro atoms. The van der Waals surface area contributed by atoms with Crippen LogP contribution in [-0.4, -0.2) is 37.0 Å². The minimum absolute atomic E-state index is 0.0501. The topological polar surface area (TPSA) is 79.9 Å². The Balaban J connectivity index is 1.34. The molecule has 1 heterocycles. The van der Waals surface area contributed by atoms with Crippen molar-refractivity contribution in [2.45, 2.75) is 6.54 Å². The number of anilines is 2. The van der Waals surface area contributed by atoms with Gasteiger partial charge in [0.25, 0.3) is 11.6 Å². The summed E-state index contributed by atoms with van der Waals surface area (Å²) in [6.07, 6.45) is 0. The first-order valence-corrected chi connectivity index (χ1v) is 10.4. The predicted molar refractivity (Wildman–Crippen MR) is 121 cm³/mol. The van der Waals surface area contributed by atoms with E-state index >= 15 is 0 Å². The lowest BCUT2D eigenvalue weighted by atomic mass is 10.1. The molecule has 0 aliphatic carbocycles. The molecule has 158 valence electrons. The van der Waals surface area contributed by atoms with Crippen LogP contribution in [0.3, 0.4) is 0 Å². The van der Waals surface area contributed by atoms with Gasteiger partial charge in [-0.1, -0.05) is 42.5 Å². The third-order valence-electron chi connectivity index (χ3n) is 5.60. The molecule has 1 saturated heterocycles. The number of piperazine rings is 1. The Hall–Kier alpha value is -3.71. The van der Waals surface area contributed by atoms with Gasteiger partial charge < -0.3 is 15.1 Å². The number of carbonyl (C=O) groups is 1. The zero-order valence-corrected chi connectivity index (χ0v) is 17.2. The van der Waals surface area contributed by atoms with E-state index in [2.05, 4.69) is 34.5 Å². The minimum Gasteiger partial charge on any atom is -0.360 e. The van der Waals surface area contributed by atoms with E-state index < -0.39 is 10.8 Å². The molecule has 1 amide bonds. The third-order valence-corrected chi connectivity index (χ3v) is 5.60. The molecule has 0 bridgehead atoms. The van der Waals surface area contributed by atoms with E-state index in [-0.39, 0.29) is 11.3 Å². The number of nitrogens with one attached hydrogen (secondary N) is 2. The first-order chi connectivity index (χ1) is 15.1. The van der Waals surface area contributed by atoms with E-state index in [1.54, 1.807) is 17.0 Å². The van der Waals surface area contributed by atoms with Crippen molar-refractivity contribution in [3.8, 4) is 0 Å². The highest BCUT2D eigenvalue weighted by atomic mass is 16.6. The Labute approximate surface area is 181 Å². The maximum absolute atomic E-state index is 12.5. The number of nitro benzene ring substituents is 1. The number of nitrogens with zero attached hydrogens (tertiary/aromatic N) is 2. The van der Waals surface area contributed by atoms with Crippen LogP contribution in [0.1, 0.15) is 15.9 Å². The lowest BCUT2D eigenvalue weighted by Gasteiger charge is -2.33. The number of para-hydroxylation sites is 1. The van der Waals surface area contributed by atoms with Crippen LogP contribution in [0.5, 0.6) is 0 Å². The van der Waals surface area contributed by atoms with Gasteiger partial charge in [-0.15, -0.1) is 0 Å². The summed E-state index contributed by atoms with van der Waals surface area (Å²) >= 11 is 0. The first kappa shape index (κ1) is 20.6. The summed E-state index contributed by atoms with van der Waals surface area (Å²) in [5, 5.41) is 13.9. The summed E-state index contributed by atoms with van der Waals surface area (Å²) < 4.78 is 0. The van der Waals surface area contributed by atoms with E-state index in [1.165, 1.54) is 17.7 Å². The Morgan fingerprint density at radius 3 is 2.26 bits per heavy atom. The standard InChI is InChI=1S/C24H24N4O3/c29-24(22-8-4-5-9-23(22)28(30)31)25-20-10-12-21(13-11-20)27-16-14-26(15-17-27)18-19-6-2-1-3-7-19/h1-13H,14-18H2,(H,25,29)/p+1. The van der Waals surface area contributed by atoms with Gasteiger partial charge in [0, 0.05) is 23.0 Å². The molecule has 3 aromatic carbocycles. The molecule has 0 saturated carbocycles. The van der Waals surface area contributed by atoms with Crippen molar-refractivity contribution >= 4 is 23.0 Å². The minimum atomic E-state index is -0.544. The summed E-state index contributed by atoms with van der Waals surface area (Å²) in [7, 11) is 0. The van der Waals surface area contributed by atoms with Gasteiger partial charge in [-0.3, -0.25) is 14.9 Å². The molecule has 1 aliphatic rings. The molecule has 31 heavy (non-hydrogen) atoms. The summed E-state index contributed by atoms with van der Waals surface area (Å²) in [5.74, 6) is -0.488. The number of carbonyl (C=O) groups excluding carboxylic acids is 1. The fraction of sp³-hybridized carbons (Fsp3) is 0.208. The second kappa shape index (κ2) is 9.40. The molecule has 0 radical (unpaired) electrons. The average Bonchev–Trinajstić information content (AvgIpc) is 2.81. The van der Waals surface area contributed by atoms with Crippen molar-refractivity contribution in [3.63, 3.8) is 0 Å². The molecule has 3 aromatic rings. The zero-order chi connectivity index (χ0) is 21.6. The number of benzene rings is 3. The average molecular weight is 417 g/mol. The van der Waals surface area contributed by atoms with Crippen molar-refractivity contribution in [3.05, 3.63) is 100 Å². The lowest BCUT2D eigenvalue weighted by molar-refractivity contribution is -0.914. The third kappa shape index (κ3) is 5.07. The van der Waals surface area contributed by atoms with Gasteiger partial charge in [0.05, 0.1) is 31.1 Å². The highest BCUT2D eigenvalue weighted by Crippen LogP contribution is 2.21. The van der Waals surface area contributed by atoms with Crippen LogP contribution in [0, 0.1) is 10.1 Å². The Kier molecular flexibility index (Phi) is 6.24. The van der Waals surface area contributed by atoms with E-state index in [0.29, 0.717) is 5.69 Å². The molecular weight excluding hydrogens is 392 g/mol. The van der Waals surface area contributed by atoms with Gasteiger partial charge in [0.2, 0.25) is 0 Å². The van der Waals surface area contributed by atoms with Crippen LogP contribution in [0.4, 0.5) is 17.1 Å². The normalized spacial score (nSPS) is 14.3. The Morgan fingerprint density at radius 1 is 0.935 bits per heavy atom. The summed E-state index contributed by atoms with van der Waals surface area (Å²) in [6.45, 7) is 5.15. The highest BCUT2D eigenvalue weighted by molar-refractivity contribution is 6.07. The van der Waals surface area contributed by atoms with Crippen molar-refractivity contribution in [1.29, 1.82) is 0 Å². The van der Waals surface area contributed by atoms with Crippen LogP contribution >= 0.6 is 0 Å². The molecule has 1 fully saturated rings. The maximum atomic E-state index is 12.5. The largest absolute Gasteiger partial charge is 0.360 e. The van der Waals surface area contributed by atoms with Crippen molar-refractivity contribution in [2.75, 3.05) is 36.4 Å². The molecule has 0 unspecified atom stereocenters. The van der Waals surface area contributed by atoms with E-state index in [1.807, 2.05) is 30.3 Å². The molecular formula is C24H25N4O3+. The highest BCUT2D eigenvalue weighted by Gasteiger charge is 2.21. The van der Waals surface area contributed by atoms with Crippen LogP contribution in [0.15, 0.2) is 78.9 Å². The van der Waals surface area contributed by atoms with Crippen LogP contribution in [0.25, 0.3) is 0 Å². The second-order valence-electron chi connectivity index (χ2n) is 7.67. The van der Waals surface area contributed by atoms with Crippen LogP contribution in [0.2, 0.25) is 0 Å². The molecule has 0 atom stereocenters. The summed E-state index contributed by atoms with van der Waals surface area (Å²) in [5.41, 5.74) is 2.94. The quantitative estimate of drug-likeness (QED) is 0.478. The summed E-state index contributed by atoms with van der Waals surface area (Å²) in [4.78, 5) is 27.0. The van der Waals surface area contributed by atoms with Crippen molar-refractivity contribution in [2.24, 2.45) is 0 Å². The Morgan fingerprint density at radius 2 is 1.58 bits per heavy atom.